The molecule has 6 heteroatoms. The fourth-order valence-electron chi connectivity index (χ4n) is 2.50. The summed E-state index contributed by atoms with van der Waals surface area (Å²) in [5, 5.41) is 0.111. The van der Waals surface area contributed by atoms with Crippen LogP contribution in [-0.2, 0) is 11.3 Å². The van der Waals surface area contributed by atoms with Crippen molar-refractivity contribution in [2.24, 2.45) is 5.92 Å². The van der Waals surface area contributed by atoms with Crippen molar-refractivity contribution in [3.05, 3.63) is 27.7 Å². The van der Waals surface area contributed by atoms with Crippen molar-refractivity contribution >= 4 is 34.9 Å². The molecule has 102 valence electrons. The molecule has 1 atom stereocenters. The van der Waals surface area contributed by atoms with Gasteiger partial charge in [-0.25, -0.2) is 4.39 Å². The summed E-state index contributed by atoms with van der Waals surface area (Å²) in [4.78, 5) is 3.07. The van der Waals surface area contributed by atoms with E-state index in [2.05, 4.69) is 4.98 Å². The van der Waals surface area contributed by atoms with E-state index in [0.717, 1.165) is 43.6 Å². The highest BCUT2D eigenvalue weighted by molar-refractivity contribution is 7.71. The molecule has 0 radical (unpaired) electrons. The van der Waals surface area contributed by atoms with E-state index in [9.17, 15) is 4.39 Å². The predicted molar refractivity (Wildman–Crippen MR) is 75.6 cm³/mol. The van der Waals surface area contributed by atoms with Crippen molar-refractivity contribution in [2.45, 2.75) is 19.4 Å². The highest BCUT2D eigenvalue weighted by Crippen LogP contribution is 2.24. The zero-order chi connectivity index (χ0) is 13.4. The van der Waals surface area contributed by atoms with E-state index in [1.165, 1.54) is 6.07 Å². The normalized spacial score (nSPS) is 19.4. The molecule has 3 nitrogen and oxygen atoms in total. The van der Waals surface area contributed by atoms with Crippen molar-refractivity contribution in [2.75, 3.05) is 13.2 Å². The van der Waals surface area contributed by atoms with Gasteiger partial charge in [-0.3, -0.25) is 0 Å². The van der Waals surface area contributed by atoms with E-state index in [0.29, 0.717) is 10.7 Å². The molecule has 1 unspecified atom stereocenters. The number of aromatic nitrogens is 2. The van der Waals surface area contributed by atoms with Gasteiger partial charge in [0.15, 0.2) is 4.77 Å². The van der Waals surface area contributed by atoms with Crippen LogP contribution >= 0.6 is 23.8 Å². The van der Waals surface area contributed by atoms with Gasteiger partial charge in [-0.1, -0.05) is 11.6 Å². The molecule has 1 N–H and O–H groups in total. The van der Waals surface area contributed by atoms with E-state index in [4.69, 9.17) is 28.6 Å². The number of nitrogens with zero attached hydrogens (tertiary/aromatic N) is 1. The largest absolute Gasteiger partial charge is 0.381 e. The van der Waals surface area contributed by atoms with Crippen LogP contribution in [0.25, 0.3) is 11.0 Å². The van der Waals surface area contributed by atoms with Crippen LogP contribution < -0.4 is 0 Å². The number of benzene rings is 1. The Balaban J connectivity index is 1.91. The number of nitrogens with one attached hydrogen (secondary N) is 1. The van der Waals surface area contributed by atoms with Crippen LogP contribution in [0.5, 0.6) is 0 Å². The van der Waals surface area contributed by atoms with Crippen LogP contribution in [0.1, 0.15) is 12.8 Å². The second-order valence-corrected chi connectivity index (χ2v) is 5.68. The van der Waals surface area contributed by atoms with Crippen molar-refractivity contribution in [3.8, 4) is 0 Å². The molecule has 19 heavy (non-hydrogen) atoms. The smallest absolute Gasteiger partial charge is 0.178 e. The molecule has 1 fully saturated rings. The number of imidazole rings is 1. The molecule has 2 aromatic rings. The minimum atomic E-state index is -0.416. The summed E-state index contributed by atoms with van der Waals surface area (Å²) < 4.78 is 21.5. The third-order valence-electron chi connectivity index (χ3n) is 3.60. The fraction of sp³-hybridized carbons (Fsp3) is 0.462. The van der Waals surface area contributed by atoms with Gasteiger partial charge in [0.25, 0.3) is 0 Å². The molecule has 0 aliphatic carbocycles. The van der Waals surface area contributed by atoms with E-state index in [1.54, 1.807) is 6.07 Å². The maximum atomic E-state index is 13.6. The molecule has 1 aromatic carbocycles. The first kappa shape index (κ1) is 13.1. The maximum absolute atomic E-state index is 13.6. The van der Waals surface area contributed by atoms with Crippen molar-refractivity contribution in [3.63, 3.8) is 0 Å². The van der Waals surface area contributed by atoms with Gasteiger partial charge < -0.3 is 14.3 Å². The topological polar surface area (TPSA) is 29.9 Å². The summed E-state index contributed by atoms with van der Waals surface area (Å²) in [5.74, 6) is 0.158. The van der Waals surface area contributed by atoms with Gasteiger partial charge in [-0.2, -0.15) is 0 Å². The number of hydrogen-bond donors (Lipinski definition) is 1. The van der Waals surface area contributed by atoms with E-state index in [1.807, 2.05) is 4.57 Å². The quantitative estimate of drug-likeness (QED) is 0.871. The SMILES string of the molecule is Fc1cc2c(cc1Cl)[nH]c(=S)n2CCC1CCOC1. The standard InChI is InChI=1S/C13H14ClFN2OS/c14-9-5-11-12(6-10(9)15)17(13(19)16-11)3-1-8-2-4-18-7-8/h5-6,8H,1-4,7H2,(H,16,19). The second kappa shape index (κ2) is 5.23. The fourth-order valence-corrected chi connectivity index (χ4v) is 2.96. The number of H-pyrrole nitrogens is 1. The molecule has 1 aromatic heterocycles. The first-order valence-electron chi connectivity index (χ1n) is 6.30. The van der Waals surface area contributed by atoms with E-state index >= 15 is 0 Å². The zero-order valence-corrected chi connectivity index (χ0v) is 11.9. The van der Waals surface area contributed by atoms with Gasteiger partial charge >= 0.3 is 0 Å². The van der Waals surface area contributed by atoms with Crippen LogP contribution in [0, 0.1) is 16.5 Å². The predicted octanol–water partition coefficient (Wildman–Crippen LogP) is 3.92. The lowest BCUT2D eigenvalue weighted by atomic mass is 10.1. The average Bonchev–Trinajstić information content (AvgIpc) is 2.96. The second-order valence-electron chi connectivity index (χ2n) is 4.88. The number of aromatic amines is 1. The lowest BCUT2D eigenvalue weighted by molar-refractivity contribution is 0.183. The summed E-state index contributed by atoms with van der Waals surface area (Å²) in [6.07, 6.45) is 2.08. The number of fused-ring (bicyclic) bond motifs is 1. The van der Waals surface area contributed by atoms with Gasteiger partial charge in [-0.15, -0.1) is 0 Å². The lowest BCUT2D eigenvalue weighted by Crippen LogP contribution is -2.06. The third kappa shape index (κ3) is 2.55. The minimum Gasteiger partial charge on any atom is -0.381 e. The molecule has 1 aliphatic heterocycles. The Hall–Kier alpha value is -0.910. The van der Waals surface area contributed by atoms with Gasteiger partial charge in [0.1, 0.15) is 5.82 Å². The summed E-state index contributed by atoms with van der Waals surface area (Å²) in [6.45, 7) is 2.43. The van der Waals surface area contributed by atoms with Gasteiger partial charge in [0, 0.05) is 25.8 Å². The zero-order valence-electron chi connectivity index (χ0n) is 10.3. The van der Waals surface area contributed by atoms with Gasteiger partial charge in [-0.05, 0) is 37.0 Å². The molecule has 3 rings (SSSR count). The average molecular weight is 301 g/mol. The lowest BCUT2D eigenvalue weighted by Gasteiger charge is -2.09. The molecule has 0 spiro atoms. The Bertz CT molecular complexity index is 660. The summed E-state index contributed by atoms with van der Waals surface area (Å²) >= 11 is 11.1. The van der Waals surface area contributed by atoms with Gasteiger partial charge in [0.05, 0.1) is 16.1 Å². The molecule has 2 heterocycles. The van der Waals surface area contributed by atoms with Crippen LogP contribution in [0.2, 0.25) is 5.02 Å². The Morgan fingerprint density at radius 3 is 3.11 bits per heavy atom. The van der Waals surface area contributed by atoms with Crippen LogP contribution in [0.3, 0.4) is 0 Å². The number of halogens is 2. The molecule has 0 saturated carbocycles. The van der Waals surface area contributed by atoms with Crippen molar-refractivity contribution in [1.82, 2.24) is 9.55 Å². The van der Waals surface area contributed by atoms with Crippen molar-refractivity contribution < 1.29 is 9.13 Å². The number of hydrogen-bond acceptors (Lipinski definition) is 2. The Labute approximate surface area is 120 Å². The van der Waals surface area contributed by atoms with Crippen LogP contribution in [0.4, 0.5) is 4.39 Å². The monoisotopic (exact) mass is 300 g/mol. The molecule has 0 amide bonds. The molecule has 1 saturated heterocycles. The Morgan fingerprint density at radius 1 is 1.53 bits per heavy atom. The summed E-state index contributed by atoms with van der Waals surface area (Å²) in [5.41, 5.74) is 1.55. The molecule has 1 aliphatic rings. The Morgan fingerprint density at radius 2 is 2.37 bits per heavy atom. The first-order valence-corrected chi connectivity index (χ1v) is 7.09. The van der Waals surface area contributed by atoms with Gasteiger partial charge in [0.2, 0.25) is 0 Å². The van der Waals surface area contributed by atoms with E-state index in [-0.39, 0.29) is 5.02 Å². The highest BCUT2D eigenvalue weighted by Gasteiger charge is 2.16. The number of rotatable bonds is 3. The van der Waals surface area contributed by atoms with Crippen LogP contribution in [0.15, 0.2) is 12.1 Å². The Kier molecular flexibility index (Phi) is 3.60. The van der Waals surface area contributed by atoms with Crippen LogP contribution in [-0.4, -0.2) is 22.8 Å². The summed E-state index contributed by atoms with van der Waals surface area (Å²) in [6, 6.07) is 3.02. The first-order chi connectivity index (χ1) is 9.15. The molecular formula is C13H14ClFN2OS. The van der Waals surface area contributed by atoms with Crippen molar-refractivity contribution in [1.29, 1.82) is 0 Å². The summed E-state index contributed by atoms with van der Waals surface area (Å²) in [7, 11) is 0. The highest BCUT2D eigenvalue weighted by atomic mass is 35.5. The molecular weight excluding hydrogens is 287 g/mol. The minimum absolute atomic E-state index is 0.111. The third-order valence-corrected chi connectivity index (χ3v) is 4.21. The number of ether oxygens (including phenoxy) is 1. The molecule has 0 bridgehead atoms. The maximum Gasteiger partial charge on any atom is 0.178 e. The number of aryl methyl sites for hydroxylation is 1. The van der Waals surface area contributed by atoms with E-state index < -0.39 is 5.82 Å².